The number of hydrogen-bond donors (Lipinski definition) is 2. The highest BCUT2D eigenvalue weighted by molar-refractivity contribution is 5.79. The molecule has 0 aliphatic heterocycles. The summed E-state index contributed by atoms with van der Waals surface area (Å²) in [6.45, 7) is 2.31. The van der Waals surface area contributed by atoms with E-state index in [2.05, 4.69) is 15.6 Å². The highest BCUT2D eigenvalue weighted by Crippen LogP contribution is 2.19. The molecule has 0 radical (unpaired) electrons. The molecule has 0 saturated heterocycles. The fraction of sp³-hybridized carbons (Fsp3) is 0.389. The van der Waals surface area contributed by atoms with Gasteiger partial charge in [0.1, 0.15) is 11.5 Å². The van der Waals surface area contributed by atoms with E-state index in [1.165, 1.54) is 6.07 Å². The summed E-state index contributed by atoms with van der Waals surface area (Å²) in [5.74, 6) is 1.68. The maximum atomic E-state index is 12.2. The Kier molecular flexibility index (Phi) is 7.37. The predicted octanol–water partition coefficient (Wildman–Crippen LogP) is 3.52. The molecule has 142 valence electrons. The summed E-state index contributed by atoms with van der Waals surface area (Å²) in [4.78, 5) is 4.44. The van der Waals surface area contributed by atoms with E-state index in [1.54, 1.807) is 24.5 Å². The smallest absolute Gasteiger partial charge is 0.422 e. The van der Waals surface area contributed by atoms with Crippen LogP contribution in [0, 0.1) is 0 Å². The topological polar surface area (TPSA) is 58.8 Å². The van der Waals surface area contributed by atoms with E-state index in [0.29, 0.717) is 25.6 Å². The summed E-state index contributed by atoms with van der Waals surface area (Å²) < 4.78 is 46.7. The van der Waals surface area contributed by atoms with Crippen LogP contribution in [0.1, 0.15) is 18.2 Å². The van der Waals surface area contributed by atoms with Crippen LogP contribution < -0.4 is 15.4 Å². The van der Waals surface area contributed by atoms with Crippen LogP contribution in [0.4, 0.5) is 13.2 Å². The van der Waals surface area contributed by atoms with E-state index in [1.807, 2.05) is 19.1 Å². The SMILES string of the molecule is CCNC(=NCc1cccc(OCC(F)(F)F)c1)NCCc1ccco1. The van der Waals surface area contributed by atoms with Gasteiger partial charge in [-0.1, -0.05) is 12.1 Å². The van der Waals surface area contributed by atoms with Crippen LogP contribution in [0.3, 0.4) is 0 Å². The van der Waals surface area contributed by atoms with E-state index in [4.69, 9.17) is 9.15 Å². The molecule has 2 N–H and O–H groups in total. The minimum atomic E-state index is -4.36. The van der Waals surface area contributed by atoms with Crippen molar-refractivity contribution < 1.29 is 22.3 Å². The zero-order chi connectivity index (χ0) is 18.8. The first-order valence-electron chi connectivity index (χ1n) is 8.29. The van der Waals surface area contributed by atoms with Crippen molar-refractivity contribution in [2.24, 2.45) is 4.99 Å². The van der Waals surface area contributed by atoms with Crippen molar-refractivity contribution >= 4 is 5.96 Å². The molecule has 2 rings (SSSR count). The maximum absolute atomic E-state index is 12.2. The highest BCUT2D eigenvalue weighted by Gasteiger charge is 2.28. The standard InChI is InChI=1S/C18H22F3N3O2/c1-2-22-17(23-9-8-15-7-4-10-25-15)24-12-14-5-3-6-16(11-14)26-13-18(19,20)21/h3-7,10-11H,2,8-9,12-13H2,1H3,(H2,22,23,24). The number of alkyl halides is 3. The molecule has 2 aromatic rings. The number of hydrogen-bond acceptors (Lipinski definition) is 3. The number of benzene rings is 1. The molecule has 5 nitrogen and oxygen atoms in total. The van der Waals surface area contributed by atoms with Gasteiger partial charge in [0.15, 0.2) is 12.6 Å². The zero-order valence-electron chi connectivity index (χ0n) is 14.5. The molecule has 0 saturated carbocycles. The van der Waals surface area contributed by atoms with Crippen LogP contribution in [0.15, 0.2) is 52.1 Å². The largest absolute Gasteiger partial charge is 0.484 e. The van der Waals surface area contributed by atoms with Crippen LogP contribution in [0.25, 0.3) is 0 Å². The zero-order valence-corrected chi connectivity index (χ0v) is 14.5. The van der Waals surface area contributed by atoms with E-state index >= 15 is 0 Å². The molecular formula is C18H22F3N3O2. The second-order valence-electron chi connectivity index (χ2n) is 5.50. The molecule has 8 heteroatoms. The van der Waals surface area contributed by atoms with E-state index in [0.717, 1.165) is 17.7 Å². The van der Waals surface area contributed by atoms with E-state index in [-0.39, 0.29) is 5.75 Å². The Bertz CT molecular complexity index is 685. The number of rotatable bonds is 8. The van der Waals surface area contributed by atoms with Gasteiger partial charge in [-0.2, -0.15) is 13.2 Å². The van der Waals surface area contributed by atoms with Crippen molar-refractivity contribution in [2.45, 2.75) is 26.1 Å². The highest BCUT2D eigenvalue weighted by atomic mass is 19.4. The molecule has 0 bridgehead atoms. The van der Waals surface area contributed by atoms with Gasteiger partial charge in [0.2, 0.25) is 0 Å². The predicted molar refractivity (Wildman–Crippen MR) is 93.2 cm³/mol. The van der Waals surface area contributed by atoms with Crippen LogP contribution in [0.2, 0.25) is 0 Å². The van der Waals surface area contributed by atoms with Crippen molar-refractivity contribution in [3.8, 4) is 5.75 Å². The average molecular weight is 369 g/mol. The molecule has 0 atom stereocenters. The minimum Gasteiger partial charge on any atom is -0.484 e. The van der Waals surface area contributed by atoms with Crippen LogP contribution in [-0.2, 0) is 13.0 Å². The number of nitrogens with one attached hydrogen (secondary N) is 2. The van der Waals surface area contributed by atoms with Gasteiger partial charge in [0.05, 0.1) is 12.8 Å². The van der Waals surface area contributed by atoms with Gasteiger partial charge in [-0.3, -0.25) is 0 Å². The monoisotopic (exact) mass is 369 g/mol. The lowest BCUT2D eigenvalue weighted by atomic mass is 10.2. The molecule has 1 aromatic carbocycles. The number of halogens is 3. The van der Waals surface area contributed by atoms with Crippen molar-refractivity contribution in [3.63, 3.8) is 0 Å². The van der Waals surface area contributed by atoms with Crippen molar-refractivity contribution in [2.75, 3.05) is 19.7 Å². The number of nitrogens with zero attached hydrogens (tertiary/aromatic N) is 1. The Morgan fingerprint density at radius 1 is 1.19 bits per heavy atom. The molecule has 0 spiro atoms. The lowest BCUT2D eigenvalue weighted by molar-refractivity contribution is -0.153. The summed E-state index contributed by atoms with van der Waals surface area (Å²) >= 11 is 0. The van der Waals surface area contributed by atoms with E-state index < -0.39 is 12.8 Å². The van der Waals surface area contributed by atoms with Crippen molar-refractivity contribution in [3.05, 3.63) is 54.0 Å². The van der Waals surface area contributed by atoms with Crippen molar-refractivity contribution in [1.29, 1.82) is 0 Å². The molecule has 0 aliphatic carbocycles. The molecular weight excluding hydrogens is 347 g/mol. The number of ether oxygens (including phenoxy) is 1. The molecule has 0 unspecified atom stereocenters. The fourth-order valence-corrected chi connectivity index (χ4v) is 2.17. The Balaban J connectivity index is 1.89. The maximum Gasteiger partial charge on any atom is 0.422 e. The summed E-state index contributed by atoms with van der Waals surface area (Å²) in [6.07, 6.45) is -2.01. The Hall–Kier alpha value is -2.64. The molecule has 0 fully saturated rings. The molecule has 0 amide bonds. The molecule has 0 aliphatic rings. The minimum absolute atomic E-state index is 0.172. The van der Waals surface area contributed by atoms with Gasteiger partial charge in [-0.15, -0.1) is 0 Å². The molecule has 1 heterocycles. The average Bonchev–Trinajstić information content (AvgIpc) is 3.11. The third kappa shape index (κ3) is 7.50. The Labute approximate surface area is 150 Å². The summed E-state index contributed by atoms with van der Waals surface area (Å²) in [5.41, 5.74) is 0.757. The fourth-order valence-electron chi connectivity index (χ4n) is 2.17. The van der Waals surface area contributed by atoms with E-state index in [9.17, 15) is 13.2 Å². The Morgan fingerprint density at radius 3 is 2.73 bits per heavy atom. The summed E-state index contributed by atoms with van der Waals surface area (Å²) in [6, 6.07) is 10.2. The van der Waals surface area contributed by atoms with Crippen LogP contribution in [-0.4, -0.2) is 31.8 Å². The number of aliphatic imine (C=N–C) groups is 1. The first-order chi connectivity index (χ1) is 12.5. The molecule has 1 aromatic heterocycles. The lowest BCUT2D eigenvalue weighted by Crippen LogP contribution is -2.38. The van der Waals surface area contributed by atoms with Gasteiger partial charge in [-0.25, -0.2) is 4.99 Å². The van der Waals surface area contributed by atoms with Gasteiger partial charge in [-0.05, 0) is 36.8 Å². The summed E-state index contributed by atoms with van der Waals surface area (Å²) in [7, 11) is 0. The quantitative estimate of drug-likeness (QED) is 0.552. The van der Waals surface area contributed by atoms with Gasteiger partial charge >= 0.3 is 6.18 Å². The van der Waals surface area contributed by atoms with Crippen LogP contribution >= 0.6 is 0 Å². The second kappa shape index (κ2) is 9.74. The number of guanidine groups is 1. The first kappa shape index (κ1) is 19.7. The van der Waals surface area contributed by atoms with Crippen molar-refractivity contribution in [1.82, 2.24) is 10.6 Å². The summed E-state index contributed by atoms with van der Waals surface area (Å²) in [5, 5.41) is 6.31. The Morgan fingerprint density at radius 2 is 2.04 bits per heavy atom. The number of furan rings is 1. The van der Waals surface area contributed by atoms with Gasteiger partial charge in [0.25, 0.3) is 0 Å². The third-order valence-corrected chi connectivity index (χ3v) is 3.31. The molecule has 26 heavy (non-hydrogen) atoms. The van der Waals surface area contributed by atoms with Gasteiger partial charge in [0, 0.05) is 19.5 Å². The van der Waals surface area contributed by atoms with Gasteiger partial charge < -0.3 is 19.8 Å². The normalized spacial score (nSPS) is 12.1. The third-order valence-electron chi connectivity index (χ3n) is 3.31. The van der Waals surface area contributed by atoms with Crippen LogP contribution in [0.5, 0.6) is 5.75 Å². The first-order valence-corrected chi connectivity index (χ1v) is 8.29. The second-order valence-corrected chi connectivity index (χ2v) is 5.50. The lowest BCUT2D eigenvalue weighted by Gasteiger charge is -2.12.